The largest absolute Gasteiger partial charge is 0.480 e. The summed E-state index contributed by atoms with van der Waals surface area (Å²) in [7, 11) is 0. The zero-order valence-electron chi connectivity index (χ0n) is 19.2. The van der Waals surface area contributed by atoms with Crippen molar-refractivity contribution in [1.82, 2.24) is 10.6 Å². The molecule has 0 bridgehead atoms. The summed E-state index contributed by atoms with van der Waals surface area (Å²) >= 11 is 0. The van der Waals surface area contributed by atoms with Crippen LogP contribution in [0, 0.1) is 5.41 Å². The maximum atomic E-state index is 12.6. The molecule has 2 amide bonds. The van der Waals surface area contributed by atoms with Crippen LogP contribution in [0.5, 0.6) is 0 Å². The molecule has 2 aromatic carbocycles. The number of hydrogen-bond acceptors (Lipinski definition) is 4. The molecule has 2 aliphatic carbocycles. The summed E-state index contributed by atoms with van der Waals surface area (Å²) < 4.78 is 5.59. The van der Waals surface area contributed by atoms with Gasteiger partial charge in [0, 0.05) is 12.3 Å². The highest BCUT2D eigenvalue weighted by Crippen LogP contribution is 2.44. The number of benzene rings is 2. The first-order valence-corrected chi connectivity index (χ1v) is 11.2. The summed E-state index contributed by atoms with van der Waals surface area (Å²) in [6.07, 6.45) is 0.764. The van der Waals surface area contributed by atoms with Gasteiger partial charge in [0.15, 0.2) is 0 Å². The van der Waals surface area contributed by atoms with Gasteiger partial charge < -0.3 is 20.5 Å². The second-order valence-corrected chi connectivity index (χ2v) is 10.1. The van der Waals surface area contributed by atoms with Crippen molar-refractivity contribution in [3.63, 3.8) is 0 Å². The Morgan fingerprint density at radius 2 is 1.58 bits per heavy atom. The molecule has 0 aliphatic heterocycles. The molecule has 4 rings (SSSR count). The zero-order chi connectivity index (χ0) is 23.8. The third kappa shape index (κ3) is 4.87. The van der Waals surface area contributed by atoms with Gasteiger partial charge in [0.2, 0.25) is 5.91 Å². The molecule has 0 radical (unpaired) electrons. The number of carbonyl (C=O) groups excluding carboxylic acids is 2. The number of hydrogen-bond donors (Lipinski definition) is 3. The molecule has 7 heteroatoms. The number of carbonyl (C=O) groups is 3. The molecule has 1 fully saturated rings. The predicted octanol–water partition coefficient (Wildman–Crippen LogP) is 4.06. The molecule has 0 heterocycles. The first-order chi connectivity index (χ1) is 15.6. The van der Waals surface area contributed by atoms with Crippen LogP contribution in [0.2, 0.25) is 0 Å². The van der Waals surface area contributed by atoms with Crippen LogP contribution in [-0.4, -0.2) is 41.3 Å². The average molecular weight is 451 g/mol. The Hall–Kier alpha value is -3.35. The second kappa shape index (κ2) is 8.54. The van der Waals surface area contributed by atoms with Crippen LogP contribution >= 0.6 is 0 Å². The number of rotatable bonds is 7. The lowest BCUT2D eigenvalue weighted by Gasteiger charge is -2.28. The van der Waals surface area contributed by atoms with Crippen LogP contribution in [0.4, 0.5) is 4.79 Å². The molecule has 1 unspecified atom stereocenters. The predicted molar refractivity (Wildman–Crippen MR) is 124 cm³/mol. The SMILES string of the molecule is CC(C)(C)C(NC(=O)CC1(NC(=O)OCC2c3ccccc3-c3ccccc32)CC1)C(=O)O. The molecule has 2 aliphatic rings. The quantitative estimate of drug-likeness (QED) is 0.590. The number of ether oxygens (including phenoxy) is 1. The molecule has 0 spiro atoms. The molecular weight excluding hydrogens is 420 g/mol. The smallest absolute Gasteiger partial charge is 0.407 e. The molecule has 3 N–H and O–H groups in total. The van der Waals surface area contributed by atoms with Gasteiger partial charge in [0.05, 0.1) is 5.54 Å². The van der Waals surface area contributed by atoms with Crippen molar-refractivity contribution in [2.75, 3.05) is 6.61 Å². The fourth-order valence-corrected chi connectivity index (χ4v) is 4.52. The Morgan fingerprint density at radius 3 is 2.06 bits per heavy atom. The summed E-state index contributed by atoms with van der Waals surface area (Å²) in [6, 6.07) is 15.2. The summed E-state index contributed by atoms with van der Waals surface area (Å²) in [5, 5.41) is 14.9. The topological polar surface area (TPSA) is 105 Å². The van der Waals surface area contributed by atoms with Gasteiger partial charge in [-0.05, 0) is 40.5 Å². The van der Waals surface area contributed by atoms with Crippen LogP contribution in [0.15, 0.2) is 48.5 Å². The number of alkyl carbamates (subject to hydrolysis) is 1. The van der Waals surface area contributed by atoms with E-state index >= 15 is 0 Å². The van der Waals surface area contributed by atoms with Crippen molar-refractivity contribution < 1.29 is 24.2 Å². The van der Waals surface area contributed by atoms with Crippen molar-refractivity contribution >= 4 is 18.0 Å². The number of carboxylic acid groups (broad SMARTS) is 1. The van der Waals surface area contributed by atoms with E-state index in [4.69, 9.17) is 4.74 Å². The van der Waals surface area contributed by atoms with Crippen LogP contribution < -0.4 is 10.6 Å². The Morgan fingerprint density at radius 1 is 1.03 bits per heavy atom. The summed E-state index contributed by atoms with van der Waals surface area (Å²) in [6.45, 7) is 5.48. The van der Waals surface area contributed by atoms with Gasteiger partial charge in [-0.15, -0.1) is 0 Å². The molecule has 7 nitrogen and oxygen atoms in total. The van der Waals surface area contributed by atoms with E-state index < -0.39 is 35.0 Å². The van der Waals surface area contributed by atoms with Gasteiger partial charge in [0.1, 0.15) is 12.6 Å². The second-order valence-electron chi connectivity index (χ2n) is 10.1. The highest BCUT2D eigenvalue weighted by atomic mass is 16.5. The maximum absolute atomic E-state index is 12.6. The normalized spacial score (nSPS) is 16.8. The van der Waals surface area contributed by atoms with Crippen LogP contribution in [0.25, 0.3) is 11.1 Å². The Kier molecular flexibility index (Phi) is 5.91. The molecule has 1 atom stereocenters. The first-order valence-electron chi connectivity index (χ1n) is 11.2. The van der Waals surface area contributed by atoms with Gasteiger partial charge >= 0.3 is 12.1 Å². The number of nitrogens with one attached hydrogen (secondary N) is 2. The number of aliphatic carboxylic acids is 1. The molecule has 174 valence electrons. The van der Waals surface area contributed by atoms with E-state index in [1.807, 2.05) is 24.3 Å². The fourth-order valence-electron chi connectivity index (χ4n) is 4.52. The molecule has 2 aromatic rings. The van der Waals surface area contributed by atoms with E-state index in [-0.39, 0.29) is 18.9 Å². The van der Waals surface area contributed by atoms with Crippen molar-refractivity contribution in [1.29, 1.82) is 0 Å². The van der Waals surface area contributed by atoms with Crippen LogP contribution in [-0.2, 0) is 14.3 Å². The first kappa shape index (κ1) is 22.8. The van der Waals surface area contributed by atoms with E-state index in [1.54, 1.807) is 20.8 Å². The third-order valence-corrected chi connectivity index (χ3v) is 6.48. The molecular formula is C26H30N2O5. The standard InChI is InChI=1S/C26H30N2O5/c1-25(2,3)22(23(30)31)27-21(29)14-26(12-13-26)28-24(32)33-15-20-18-10-6-4-8-16(18)17-9-5-7-11-19(17)20/h4-11,20,22H,12-15H2,1-3H3,(H,27,29)(H,28,32)(H,30,31). The Bertz CT molecular complexity index is 1040. The minimum Gasteiger partial charge on any atom is -0.480 e. The third-order valence-electron chi connectivity index (χ3n) is 6.48. The molecule has 33 heavy (non-hydrogen) atoms. The van der Waals surface area contributed by atoms with Crippen molar-refractivity contribution in [3.8, 4) is 11.1 Å². The monoisotopic (exact) mass is 450 g/mol. The number of fused-ring (bicyclic) bond motifs is 3. The van der Waals surface area contributed by atoms with Crippen LogP contribution in [0.1, 0.15) is 57.1 Å². The number of carboxylic acids is 1. The van der Waals surface area contributed by atoms with E-state index in [0.29, 0.717) is 12.8 Å². The van der Waals surface area contributed by atoms with E-state index in [2.05, 4.69) is 34.9 Å². The highest BCUT2D eigenvalue weighted by Gasteiger charge is 2.47. The minimum absolute atomic E-state index is 0.0249. The lowest BCUT2D eigenvalue weighted by Crippen LogP contribution is -2.51. The average Bonchev–Trinajstić information content (AvgIpc) is 3.41. The van der Waals surface area contributed by atoms with Crippen molar-refractivity contribution in [2.45, 2.75) is 57.5 Å². The van der Waals surface area contributed by atoms with Crippen LogP contribution in [0.3, 0.4) is 0 Å². The maximum Gasteiger partial charge on any atom is 0.407 e. The summed E-state index contributed by atoms with van der Waals surface area (Å²) in [5.74, 6) is -1.51. The van der Waals surface area contributed by atoms with Gasteiger partial charge in [-0.25, -0.2) is 9.59 Å². The van der Waals surface area contributed by atoms with Gasteiger partial charge in [-0.3, -0.25) is 4.79 Å². The van der Waals surface area contributed by atoms with E-state index in [9.17, 15) is 19.5 Å². The van der Waals surface area contributed by atoms with Crippen molar-refractivity contribution in [2.24, 2.45) is 5.41 Å². The van der Waals surface area contributed by atoms with Gasteiger partial charge in [0.25, 0.3) is 0 Å². The molecule has 1 saturated carbocycles. The van der Waals surface area contributed by atoms with E-state index in [1.165, 1.54) is 0 Å². The highest BCUT2D eigenvalue weighted by molar-refractivity contribution is 5.85. The Balaban J connectivity index is 1.35. The van der Waals surface area contributed by atoms with E-state index in [0.717, 1.165) is 22.3 Å². The lowest BCUT2D eigenvalue weighted by molar-refractivity contribution is -0.145. The fraction of sp³-hybridized carbons (Fsp3) is 0.423. The zero-order valence-corrected chi connectivity index (χ0v) is 19.2. The Labute approximate surface area is 193 Å². The summed E-state index contributed by atoms with van der Waals surface area (Å²) in [4.78, 5) is 36.6. The van der Waals surface area contributed by atoms with Gasteiger partial charge in [-0.2, -0.15) is 0 Å². The number of amides is 2. The minimum atomic E-state index is -1.08. The molecule has 0 saturated heterocycles. The van der Waals surface area contributed by atoms with Gasteiger partial charge in [-0.1, -0.05) is 69.3 Å². The lowest BCUT2D eigenvalue weighted by atomic mass is 9.86. The summed E-state index contributed by atoms with van der Waals surface area (Å²) in [5.41, 5.74) is 3.28. The molecule has 0 aromatic heterocycles. The van der Waals surface area contributed by atoms with Crippen molar-refractivity contribution in [3.05, 3.63) is 59.7 Å².